The molecule has 29 heavy (non-hydrogen) atoms. The maximum Gasteiger partial charge on any atom is 0.309 e. The first kappa shape index (κ1) is 22.1. The van der Waals surface area contributed by atoms with E-state index in [0.29, 0.717) is 18.4 Å². The molecule has 2 aliphatic carbocycles. The molecule has 0 aliphatic heterocycles. The Labute approximate surface area is 176 Å². The quantitative estimate of drug-likeness (QED) is 0.282. The molecule has 3 rings (SSSR count). The van der Waals surface area contributed by atoms with Gasteiger partial charge in [0.15, 0.2) is 0 Å². The van der Waals surface area contributed by atoms with Crippen LogP contribution < -0.4 is 0 Å². The van der Waals surface area contributed by atoms with Gasteiger partial charge in [0.05, 0.1) is 12.5 Å². The van der Waals surface area contributed by atoms with E-state index in [4.69, 9.17) is 9.47 Å². The van der Waals surface area contributed by atoms with Gasteiger partial charge >= 0.3 is 5.97 Å². The second-order valence-electron chi connectivity index (χ2n) is 8.84. The zero-order valence-corrected chi connectivity index (χ0v) is 18.3. The third-order valence-corrected chi connectivity index (χ3v) is 6.60. The lowest BCUT2D eigenvalue weighted by Crippen LogP contribution is -2.29. The number of ether oxygens (including phenoxy) is 2. The van der Waals surface area contributed by atoms with E-state index in [-0.39, 0.29) is 18.0 Å². The first-order valence-corrected chi connectivity index (χ1v) is 11.7. The van der Waals surface area contributed by atoms with E-state index < -0.39 is 0 Å². The van der Waals surface area contributed by atoms with Crippen molar-refractivity contribution in [1.82, 2.24) is 0 Å². The van der Waals surface area contributed by atoms with Crippen LogP contribution in [0, 0.1) is 11.8 Å². The van der Waals surface area contributed by atoms with Crippen molar-refractivity contribution in [1.29, 1.82) is 0 Å². The average Bonchev–Trinajstić information content (AvgIpc) is 2.76. The highest BCUT2D eigenvalue weighted by atomic mass is 16.5. The van der Waals surface area contributed by atoms with Crippen LogP contribution in [0.25, 0.3) is 0 Å². The highest BCUT2D eigenvalue weighted by molar-refractivity contribution is 5.72. The minimum absolute atomic E-state index is 0.0568. The molecule has 1 aromatic rings. The standard InChI is InChI=1S/C26H38O3/c1-3-5-20-8-16-25(17-9-20)29-26(27)24-14-12-23(13-15-24)22-10-6-21(7-11-22)19-28-18-4-2/h3,5-7,10-11,20,23-25H,4,8-9,12-19H2,1-2H3/t20-,23?,24?,25-. The number of hydrogen-bond acceptors (Lipinski definition) is 3. The summed E-state index contributed by atoms with van der Waals surface area (Å²) < 4.78 is 11.5. The van der Waals surface area contributed by atoms with Crippen molar-refractivity contribution in [2.75, 3.05) is 6.61 Å². The smallest absolute Gasteiger partial charge is 0.309 e. The first-order valence-electron chi connectivity index (χ1n) is 11.7. The fourth-order valence-electron chi connectivity index (χ4n) is 4.81. The summed E-state index contributed by atoms with van der Waals surface area (Å²) >= 11 is 0. The molecule has 0 atom stereocenters. The van der Waals surface area contributed by atoms with E-state index >= 15 is 0 Å². The van der Waals surface area contributed by atoms with E-state index in [2.05, 4.69) is 50.3 Å². The molecule has 0 spiro atoms. The predicted octanol–water partition coefficient (Wildman–Crippen LogP) is 6.57. The highest BCUT2D eigenvalue weighted by Crippen LogP contribution is 2.37. The molecular weight excluding hydrogens is 360 g/mol. The Hall–Kier alpha value is -1.61. The topological polar surface area (TPSA) is 35.5 Å². The van der Waals surface area contributed by atoms with Crippen LogP contribution in [-0.4, -0.2) is 18.7 Å². The van der Waals surface area contributed by atoms with Crippen LogP contribution in [0.15, 0.2) is 36.4 Å². The van der Waals surface area contributed by atoms with Gasteiger partial charge in [-0.2, -0.15) is 0 Å². The number of rotatable bonds is 8. The molecule has 1 aromatic carbocycles. The van der Waals surface area contributed by atoms with Gasteiger partial charge in [-0.15, -0.1) is 0 Å². The van der Waals surface area contributed by atoms with Crippen molar-refractivity contribution in [3.63, 3.8) is 0 Å². The number of esters is 1. The van der Waals surface area contributed by atoms with Gasteiger partial charge in [-0.3, -0.25) is 4.79 Å². The Morgan fingerprint density at radius 2 is 1.69 bits per heavy atom. The van der Waals surface area contributed by atoms with Crippen LogP contribution in [0.5, 0.6) is 0 Å². The summed E-state index contributed by atoms with van der Waals surface area (Å²) in [6, 6.07) is 8.87. The first-order chi connectivity index (χ1) is 14.2. The van der Waals surface area contributed by atoms with Crippen molar-refractivity contribution >= 4 is 5.97 Å². The molecule has 0 aromatic heterocycles. The molecule has 3 nitrogen and oxygen atoms in total. The van der Waals surface area contributed by atoms with Crippen molar-refractivity contribution < 1.29 is 14.3 Å². The summed E-state index contributed by atoms with van der Waals surface area (Å²) in [4.78, 5) is 12.6. The lowest BCUT2D eigenvalue weighted by Gasteiger charge is -2.31. The predicted molar refractivity (Wildman–Crippen MR) is 118 cm³/mol. The maximum atomic E-state index is 12.6. The lowest BCUT2D eigenvalue weighted by atomic mass is 9.78. The van der Waals surface area contributed by atoms with Crippen LogP contribution in [0.3, 0.4) is 0 Å². The van der Waals surface area contributed by atoms with Gasteiger partial charge in [-0.1, -0.05) is 43.3 Å². The van der Waals surface area contributed by atoms with E-state index in [9.17, 15) is 4.79 Å². The normalized spacial score (nSPS) is 27.8. The summed E-state index contributed by atoms with van der Waals surface area (Å²) in [5, 5.41) is 0. The summed E-state index contributed by atoms with van der Waals surface area (Å²) in [7, 11) is 0. The van der Waals surface area contributed by atoms with Gasteiger partial charge in [-0.05, 0) is 87.7 Å². The summed E-state index contributed by atoms with van der Waals surface area (Å²) in [6.07, 6.45) is 14.0. The van der Waals surface area contributed by atoms with Gasteiger partial charge < -0.3 is 9.47 Å². The molecule has 0 amide bonds. The van der Waals surface area contributed by atoms with Gasteiger partial charge in [0.25, 0.3) is 0 Å². The van der Waals surface area contributed by atoms with E-state index in [0.717, 1.165) is 64.4 Å². The van der Waals surface area contributed by atoms with Crippen molar-refractivity contribution in [2.24, 2.45) is 11.8 Å². The van der Waals surface area contributed by atoms with Gasteiger partial charge in [-0.25, -0.2) is 0 Å². The van der Waals surface area contributed by atoms with E-state index in [1.807, 2.05) is 0 Å². The van der Waals surface area contributed by atoms with Crippen molar-refractivity contribution in [3.05, 3.63) is 47.5 Å². The van der Waals surface area contributed by atoms with Gasteiger partial charge in [0.2, 0.25) is 0 Å². The second kappa shape index (κ2) is 11.5. The van der Waals surface area contributed by atoms with Crippen LogP contribution in [0.4, 0.5) is 0 Å². The number of allylic oxidation sites excluding steroid dienone is 2. The maximum absolute atomic E-state index is 12.6. The van der Waals surface area contributed by atoms with Crippen LogP contribution in [0.2, 0.25) is 0 Å². The Balaban J connectivity index is 1.40. The fourth-order valence-corrected chi connectivity index (χ4v) is 4.81. The minimum atomic E-state index is 0.0568. The van der Waals surface area contributed by atoms with Crippen LogP contribution in [-0.2, 0) is 20.9 Å². The highest BCUT2D eigenvalue weighted by Gasteiger charge is 2.30. The molecule has 0 bridgehead atoms. The zero-order chi connectivity index (χ0) is 20.5. The van der Waals surface area contributed by atoms with Gasteiger partial charge in [0, 0.05) is 6.61 Å². The van der Waals surface area contributed by atoms with E-state index in [1.54, 1.807) is 0 Å². The molecule has 0 saturated heterocycles. The SMILES string of the molecule is CC=C[C@H]1CC[C@H](OC(=O)C2CCC(c3ccc(COCCC)cc3)CC2)CC1. The largest absolute Gasteiger partial charge is 0.462 e. The minimum Gasteiger partial charge on any atom is -0.462 e. The average molecular weight is 399 g/mol. The molecule has 2 fully saturated rings. The Kier molecular flexibility index (Phi) is 8.79. The van der Waals surface area contributed by atoms with Crippen LogP contribution in [0.1, 0.15) is 88.7 Å². The third-order valence-electron chi connectivity index (χ3n) is 6.60. The molecule has 160 valence electrons. The molecule has 0 unspecified atom stereocenters. The Morgan fingerprint density at radius 3 is 2.31 bits per heavy atom. The third kappa shape index (κ3) is 6.70. The molecule has 0 radical (unpaired) electrons. The zero-order valence-electron chi connectivity index (χ0n) is 18.3. The molecule has 0 heterocycles. The summed E-state index contributed by atoms with van der Waals surface area (Å²) in [5.41, 5.74) is 2.64. The molecule has 0 N–H and O–H groups in total. The second-order valence-corrected chi connectivity index (χ2v) is 8.84. The van der Waals surface area contributed by atoms with Gasteiger partial charge in [0.1, 0.15) is 6.10 Å². The van der Waals surface area contributed by atoms with Crippen molar-refractivity contribution in [3.8, 4) is 0 Å². The van der Waals surface area contributed by atoms with Crippen molar-refractivity contribution in [2.45, 2.75) is 90.3 Å². The van der Waals surface area contributed by atoms with E-state index in [1.165, 1.54) is 11.1 Å². The number of benzene rings is 1. The Morgan fingerprint density at radius 1 is 1.00 bits per heavy atom. The molecular formula is C26H38O3. The van der Waals surface area contributed by atoms with Crippen LogP contribution >= 0.6 is 0 Å². The summed E-state index contributed by atoms with van der Waals surface area (Å²) in [5.74, 6) is 1.40. The molecule has 2 saturated carbocycles. The lowest BCUT2D eigenvalue weighted by molar-refractivity contribution is -0.157. The number of carbonyl (C=O) groups excluding carboxylic acids is 1. The summed E-state index contributed by atoms with van der Waals surface area (Å²) in [6.45, 7) is 5.73. The molecule has 3 heteroatoms. The Bertz CT molecular complexity index is 632. The number of carbonyl (C=O) groups is 1. The number of hydrogen-bond donors (Lipinski definition) is 0. The fraction of sp³-hybridized carbons (Fsp3) is 0.654. The molecule has 2 aliphatic rings. The monoisotopic (exact) mass is 398 g/mol.